The van der Waals surface area contributed by atoms with Crippen LogP contribution in [0.4, 0.5) is 17.6 Å². The fourth-order valence-corrected chi connectivity index (χ4v) is 3.00. The predicted molar refractivity (Wildman–Crippen MR) is 73.2 cm³/mol. The van der Waals surface area contributed by atoms with E-state index in [-0.39, 0.29) is 17.5 Å². The Morgan fingerprint density at radius 1 is 1.23 bits per heavy atom. The van der Waals surface area contributed by atoms with Gasteiger partial charge in [-0.2, -0.15) is 0 Å². The van der Waals surface area contributed by atoms with E-state index >= 15 is 0 Å². The van der Waals surface area contributed by atoms with Crippen molar-refractivity contribution in [1.82, 2.24) is 4.90 Å². The number of ether oxygens (including phenoxy) is 1. The van der Waals surface area contributed by atoms with E-state index in [0.29, 0.717) is 19.3 Å². The molecule has 0 saturated heterocycles. The number of nitrogens with zero attached hydrogens (tertiary/aromatic N) is 1. The molecule has 0 aromatic heterocycles. The van der Waals surface area contributed by atoms with Gasteiger partial charge in [-0.1, -0.05) is 0 Å². The van der Waals surface area contributed by atoms with E-state index in [2.05, 4.69) is 4.74 Å². The molecule has 1 saturated carbocycles. The molecule has 0 heterocycles. The van der Waals surface area contributed by atoms with Gasteiger partial charge in [-0.3, -0.25) is 0 Å². The van der Waals surface area contributed by atoms with Crippen LogP contribution in [-0.2, 0) is 0 Å². The minimum absolute atomic E-state index is 0.148. The number of alkyl halides is 3. The molecule has 7 heteroatoms. The lowest BCUT2D eigenvalue weighted by Crippen LogP contribution is -2.43. The van der Waals surface area contributed by atoms with Gasteiger partial charge in [0.2, 0.25) is 0 Å². The Balaban J connectivity index is 2.22. The van der Waals surface area contributed by atoms with E-state index in [1.54, 1.807) is 0 Å². The molecule has 22 heavy (non-hydrogen) atoms. The van der Waals surface area contributed by atoms with Crippen molar-refractivity contribution in [2.75, 3.05) is 14.1 Å². The third-order valence-electron chi connectivity index (χ3n) is 4.09. The summed E-state index contributed by atoms with van der Waals surface area (Å²) in [5.74, 6) is -1.21. The van der Waals surface area contributed by atoms with Gasteiger partial charge in [-0.05, 0) is 63.0 Å². The van der Waals surface area contributed by atoms with Gasteiger partial charge in [-0.25, -0.2) is 4.39 Å². The van der Waals surface area contributed by atoms with E-state index in [9.17, 15) is 22.7 Å². The van der Waals surface area contributed by atoms with Gasteiger partial charge in [-0.15, -0.1) is 13.2 Å². The predicted octanol–water partition coefficient (Wildman–Crippen LogP) is 3.28. The summed E-state index contributed by atoms with van der Waals surface area (Å²) in [6, 6.07) is 2.92. The van der Waals surface area contributed by atoms with Gasteiger partial charge < -0.3 is 14.7 Å². The maximum Gasteiger partial charge on any atom is 0.573 e. The molecule has 1 fully saturated rings. The zero-order valence-electron chi connectivity index (χ0n) is 12.4. The zero-order chi connectivity index (χ0) is 16.5. The van der Waals surface area contributed by atoms with Crippen LogP contribution < -0.4 is 4.74 Å². The van der Waals surface area contributed by atoms with Crippen LogP contribution in [0.2, 0.25) is 0 Å². The second-order valence-electron chi connectivity index (χ2n) is 5.84. The molecule has 1 aliphatic carbocycles. The van der Waals surface area contributed by atoms with E-state index in [1.807, 2.05) is 19.0 Å². The van der Waals surface area contributed by atoms with Crippen molar-refractivity contribution in [3.05, 3.63) is 29.6 Å². The highest BCUT2D eigenvalue weighted by Crippen LogP contribution is 2.37. The molecule has 0 aliphatic heterocycles. The van der Waals surface area contributed by atoms with E-state index in [0.717, 1.165) is 18.2 Å². The highest BCUT2D eigenvalue weighted by molar-refractivity contribution is 5.33. The minimum Gasteiger partial charge on any atom is -0.406 e. The molecular weight excluding hydrogens is 302 g/mol. The maximum atomic E-state index is 14.0. The third kappa shape index (κ3) is 4.10. The topological polar surface area (TPSA) is 32.7 Å². The minimum atomic E-state index is -4.80. The van der Waals surface area contributed by atoms with Crippen LogP contribution in [0.25, 0.3) is 0 Å². The first-order valence-electron chi connectivity index (χ1n) is 7.07. The summed E-state index contributed by atoms with van der Waals surface area (Å²) in [5.41, 5.74) is 0.209. The normalized spacial score (nSPS) is 26.3. The molecule has 1 aliphatic rings. The average molecular weight is 321 g/mol. The number of hydrogen-bond donors (Lipinski definition) is 1. The summed E-state index contributed by atoms with van der Waals surface area (Å²) in [4.78, 5) is 1.85. The van der Waals surface area contributed by atoms with E-state index < -0.39 is 24.0 Å². The van der Waals surface area contributed by atoms with Gasteiger partial charge in [0, 0.05) is 6.04 Å². The molecule has 1 aromatic carbocycles. The monoisotopic (exact) mass is 321 g/mol. The Kier molecular flexibility index (Phi) is 4.97. The van der Waals surface area contributed by atoms with E-state index in [4.69, 9.17) is 0 Å². The van der Waals surface area contributed by atoms with Crippen LogP contribution in [0, 0.1) is 5.82 Å². The summed E-state index contributed by atoms with van der Waals surface area (Å²) in [6.07, 6.45) is -3.82. The summed E-state index contributed by atoms with van der Waals surface area (Å²) in [5, 5.41) is 9.97. The Morgan fingerprint density at radius 3 is 2.50 bits per heavy atom. The van der Waals surface area contributed by atoms with Crippen molar-refractivity contribution in [2.45, 2.75) is 43.7 Å². The molecule has 1 aromatic rings. The molecule has 0 bridgehead atoms. The zero-order valence-corrected chi connectivity index (χ0v) is 12.4. The summed E-state index contributed by atoms with van der Waals surface area (Å²) >= 11 is 0. The quantitative estimate of drug-likeness (QED) is 0.867. The number of aliphatic hydroxyl groups excluding tert-OH is 1. The number of halogens is 4. The first-order chi connectivity index (χ1) is 10.2. The standard InChI is InChI=1S/C15H19F4NO2/c1-20(2)13-7-9(3-6-14(13)21)11-8-10(4-5-12(11)16)22-15(17,18)19/h4-5,8-9,13-14,21H,3,6-7H2,1-2H3/t9-,13-,14-/m0/s1. The van der Waals surface area contributed by atoms with Crippen molar-refractivity contribution in [3.8, 4) is 5.75 Å². The lowest BCUT2D eigenvalue weighted by molar-refractivity contribution is -0.274. The number of aliphatic hydroxyl groups is 1. The lowest BCUT2D eigenvalue weighted by atomic mass is 9.79. The second kappa shape index (κ2) is 6.42. The molecule has 0 spiro atoms. The fourth-order valence-electron chi connectivity index (χ4n) is 3.00. The van der Waals surface area contributed by atoms with Gasteiger partial charge >= 0.3 is 6.36 Å². The Hall–Kier alpha value is -1.34. The largest absolute Gasteiger partial charge is 0.573 e. The molecule has 124 valence electrons. The first kappa shape index (κ1) is 17.0. The van der Waals surface area contributed by atoms with Crippen molar-refractivity contribution in [2.24, 2.45) is 0 Å². The molecule has 3 nitrogen and oxygen atoms in total. The van der Waals surface area contributed by atoms with Crippen LogP contribution >= 0.6 is 0 Å². The highest BCUT2D eigenvalue weighted by Gasteiger charge is 2.34. The number of hydrogen-bond acceptors (Lipinski definition) is 3. The second-order valence-corrected chi connectivity index (χ2v) is 5.84. The first-order valence-corrected chi connectivity index (χ1v) is 7.07. The summed E-state index contributed by atoms with van der Waals surface area (Å²) in [6.45, 7) is 0. The SMILES string of the molecule is CN(C)[C@H]1C[C@@H](c2cc(OC(F)(F)F)ccc2F)CC[C@@H]1O. The van der Waals surface area contributed by atoms with Gasteiger partial charge in [0.15, 0.2) is 0 Å². The number of benzene rings is 1. The van der Waals surface area contributed by atoms with Crippen LogP contribution in [0.1, 0.15) is 30.7 Å². The van der Waals surface area contributed by atoms with Gasteiger partial charge in [0.25, 0.3) is 0 Å². The van der Waals surface area contributed by atoms with Crippen LogP contribution in [0.15, 0.2) is 18.2 Å². The summed E-state index contributed by atoms with van der Waals surface area (Å²) in [7, 11) is 3.63. The van der Waals surface area contributed by atoms with Crippen molar-refractivity contribution >= 4 is 0 Å². The van der Waals surface area contributed by atoms with Gasteiger partial charge in [0.1, 0.15) is 11.6 Å². The highest BCUT2D eigenvalue weighted by atomic mass is 19.4. The molecule has 1 N–H and O–H groups in total. The van der Waals surface area contributed by atoms with Gasteiger partial charge in [0.05, 0.1) is 6.10 Å². The molecule has 0 radical (unpaired) electrons. The van der Waals surface area contributed by atoms with Crippen molar-refractivity contribution in [1.29, 1.82) is 0 Å². The van der Waals surface area contributed by atoms with Crippen LogP contribution in [0.3, 0.4) is 0 Å². The smallest absolute Gasteiger partial charge is 0.406 e. The van der Waals surface area contributed by atoms with Crippen LogP contribution in [-0.4, -0.2) is 42.6 Å². The van der Waals surface area contributed by atoms with Crippen LogP contribution in [0.5, 0.6) is 5.75 Å². The average Bonchev–Trinajstić information content (AvgIpc) is 2.40. The molecular formula is C15H19F4NO2. The van der Waals surface area contributed by atoms with Crippen molar-refractivity contribution in [3.63, 3.8) is 0 Å². The Morgan fingerprint density at radius 2 is 1.91 bits per heavy atom. The molecule has 3 atom stereocenters. The van der Waals surface area contributed by atoms with Crippen molar-refractivity contribution < 1.29 is 27.4 Å². The number of likely N-dealkylation sites (N-methyl/N-ethyl adjacent to an activating group) is 1. The molecule has 0 amide bonds. The number of rotatable bonds is 3. The third-order valence-corrected chi connectivity index (χ3v) is 4.09. The summed E-state index contributed by atoms with van der Waals surface area (Å²) < 4.78 is 54.7. The maximum absolute atomic E-state index is 14.0. The fraction of sp³-hybridized carbons (Fsp3) is 0.600. The Bertz CT molecular complexity index is 519. The van der Waals surface area contributed by atoms with E-state index in [1.165, 1.54) is 0 Å². The lowest BCUT2D eigenvalue weighted by Gasteiger charge is -2.37. The Labute approximate surface area is 126 Å². The molecule has 0 unspecified atom stereocenters. The molecule has 2 rings (SSSR count).